The van der Waals surface area contributed by atoms with Gasteiger partial charge in [0.2, 0.25) is 0 Å². The van der Waals surface area contributed by atoms with Gasteiger partial charge in [0.25, 0.3) is 0 Å². The Morgan fingerprint density at radius 3 is 2.67 bits per heavy atom. The van der Waals surface area contributed by atoms with E-state index in [1.165, 1.54) is 0 Å². The van der Waals surface area contributed by atoms with Crippen LogP contribution in [0.15, 0.2) is 11.6 Å². The molecular formula is C15H26O3. The van der Waals surface area contributed by atoms with Gasteiger partial charge in [-0.1, -0.05) is 26.8 Å². The molecule has 0 bridgehead atoms. The summed E-state index contributed by atoms with van der Waals surface area (Å²) >= 11 is 0. The van der Waals surface area contributed by atoms with E-state index in [4.69, 9.17) is 4.74 Å². The molecule has 104 valence electrons. The standard InChI is InChI=1S/C15H26O3/c1-9(2)15-8-12(16)10(3)6-5-7-11(4)13(17)14(15)18-15/h6,9,11-14,16-17H,5,7-8H2,1-4H3/b10-6+/t11?,12-,13-,14-,15-/m0/s1. The number of hydrogen-bond acceptors (Lipinski definition) is 3. The van der Waals surface area contributed by atoms with E-state index in [1.807, 2.05) is 6.92 Å². The van der Waals surface area contributed by atoms with E-state index < -0.39 is 12.2 Å². The molecule has 1 heterocycles. The van der Waals surface area contributed by atoms with E-state index in [-0.39, 0.29) is 17.6 Å². The number of fused-ring (bicyclic) bond motifs is 1. The highest BCUT2D eigenvalue weighted by Gasteiger charge is 2.62. The molecule has 0 aromatic heterocycles. The van der Waals surface area contributed by atoms with Crippen LogP contribution in [0.3, 0.4) is 0 Å². The molecule has 1 fully saturated rings. The Labute approximate surface area is 110 Å². The molecule has 1 aliphatic heterocycles. The molecule has 2 N–H and O–H groups in total. The first-order valence-corrected chi connectivity index (χ1v) is 7.09. The summed E-state index contributed by atoms with van der Waals surface area (Å²) in [6.07, 6.45) is 3.60. The summed E-state index contributed by atoms with van der Waals surface area (Å²) in [7, 11) is 0. The van der Waals surface area contributed by atoms with Crippen molar-refractivity contribution < 1.29 is 14.9 Å². The van der Waals surface area contributed by atoms with Crippen LogP contribution in [0.2, 0.25) is 0 Å². The van der Waals surface area contributed by atoms with Crippen molar-refractivity contribution in [3.63, 3.8) is 0 Å². The van der Waals surface area contributed by atoms with Crippen molar-refractivity contribution in [1.29, 1.82) is 0 Å². The van der Waals surface area contributed by atoms with Crippen LogP contribution >= 0.6 is 0 Å². The highest BCUT2D eigenvalue weighted by atomic mass is 16.6. The Balaban J connectivity index is 2.23. The highest BCUT2D eigenvalue weighted by molar-refractivity contribution is 5.16. The zero-order chi connectivity index (χ0) is 13.5. The van der Waals surface area contributed by atoms with Gasteiger partial charge in [-0.05, 0) is 37.2 Å². The summed E-state index contributed by atoms with van der Waals surface area (Å²) in [5, 5.41) is 20.6. The fraction of sp³-hybridized carbons (Fsp3) is 0.867. The molecule has 0 saturated carbocycles. The molecular weight excluding hydrogens is 228 g/mol. The maximum absolute atomic E-state index is 10.3. The molecule has 18 heavy (non-hydrogen) atoms. The first-order chi connectivity index (χ1) is 8.38. The molecule has 0 radical (unpaired) electrons. The lowest BCUT2D eigenvalue weighted by atomic mass is 9.80. The summed E-state index contributed by atoms with van der Waals surface area (Å²) in [4.78, 5) is 0. The Bertz CT molecular complexity index is 337. The first kappa shape index (κ1) is 14.0. The third-order valence-corrected chi connectivity index (χ3v) is 4.77. The largest absolute Gasteiger partial charge is 0.390 e. The molecule has 5 atom stereocenters. The van der Waals surface area contributed by atoms with Crippen LogP contribution in [0, 0.1) is 11.8 Å². The fourth-order valence-corrected chi connectivity index (χ4v) is 3.07. The van der Waals surface area contributed by atoms with Gasteiger partial charge in [0.05, 0.1) is 12.2 Å². The normalized spacial score (nSPS) is 48.3. The quantitative estimate of drug-likeness (QED) is 0.557. The Morgan fingerprint density at radius 2 is 2.06 bits per heavy atom. The van der Waals surface area contributed by atoms with Crippen LogP contribution in [0.4, 0.5) is 0 Å². The topological polar surface area (TPSA) is 53.0 Å². The maximum Gasteiger partial charge on any atom is 0.114 e. The number of aliphatic hydroxyl groups excluding tert-OH is 2. The lowest BCUT2D eigenvalue weighted by Gasteiger charge is -2.26. The van der Waals surface area contributed by atoms with Crippen molar-refractivity contribution in [1.82, 2.24) is 0 Å². The maximum atomic E-state index is 10.3. The van der Waals surface area contributed by atoms with Gasteiger partial charge in [0.1, 0.15) is 11.7 Å². The van der Waals surface area contributed by atoms with Crippen LogP contribution in [-0.2, 0) is 4.74 Å². The second-order valence-electron chi connectivity index (χ2n) is 6.36. The number of hydrogen-bond donors (Lipinski definition) is 2. The van der Waals surface area contributed by atoms with Crippen LogP contribution < -0.4 is 0 Å². The predicted molar refractivity (Wildman–Crippen MR) is 71.2 cm³/mol. The second-order valence-corrected chi connectivity index (χ2v) is 6.36. The summed E-state index contributed by atoms with van der Waals surface area (Å²) in [5.74, 6) is 0.557. The van der Waals surface area contributed by atoms with Crippen LogP contribution in [0.25, 0.3) is 0 Å². The molecule has 1 saturated heterocycles. The SMILES string of the molecule is C/C1=C\CCC(C)[C@H](O)[C@@H]2O[C@]2(C(C)C)C[C@@H]1O. The van der Waals surface area contributed by atoms with Crippen molar-refractivity contribution in [2.75, 3.05) is 0 Å². The van der Waals surface area contributed by atoms with Gasteiger partial charge < -0.3 is 14.9 Å². The van der Waals surface area contributed by atoms with Gasteiger partial charge in [0.15, 0.2) is 0 Å². The average molecular weight is 254 g/mol. The zero-order valence-corrected chi connectivity index (χ0v) is 11.9. The molecule has 0 amide bonds. The lowest BCUT2D eigenvalue weighted by molar-refractivity contribution is 0.0811. The third kappa shape index (κ3) is 2.36. The molecule has 0 spiro atoms. The van der Waals surface area contributed by atoms with Crippen molar-refractivity contribution >= 4 is 0 Å². The number of allylic oxidation sites excluding steroid dienone is 1. The van der Waals surface area contributed by atoms with E-state index in [2.05, 4.69) is 26.8 Å². The van der Waals surface area contributed by atoms with Gasteiger partial charge in [-0.3, -0.25) is 0 Å². The molecule has 0 aromatic carbocycles. The Kier molecular flexibility index (Phi) is 3.86. The van der Waals surface area contributed by atoms with E-state index in [1.54, 1.807) is 0 Å². The van der Waals surface area contributed by atoms with Crippen LogP contribution in [-0.4, -0.2) is 34.1 Å². The molecule has 1 aliphatic carbocycles. The van der Waals surface area contributed by atoms with Crippen molar-refractivity contribution in [2.24, 2.45) is 11.8 Å². The molecule has 1 unspecified atom stereocenters. The minimum Gasteiger partial charge on any atom is -0.390 e. The molecule has 2 rings (SSSR count). The minimum atomic E-state index is -0.446. The Morgan fingerprint density at radius 1 is 1.39 bits per heavy atom. The summed E-state index contributed by atoms with van der Waals surface area (Å²) in [6, 6.07) is 0. The monoisotopic (exact) mass is 254 g/mol. The number of epoxide rings is 1. The number of rotatable bonds is 1. The van der Waals surface area contributed by atoms with Gasteiger partial charge in [-0.15, -0.1) is 0 Å². The van der Waals surface area contributed by atoms with Crippen molar-refractivity contribution in [3.8, 4) is 0 Å². The minimum absolute atomic E-state index is 0.104. The smallest absolute Gasteiger partial charge is 0.114 e. The van der Waals surface area contributed by atoms with Gasteiger partial charge >= 0.3 is 0 Å². The van der Waals surface area contributed by atoms with E-state index in [9.17, 15) is 10.2 Å². The molecule has 3 nitrogen and oxygen atoms in total. The molecule has 3 heteroatoms. The summed E-state index contributed by atoms with van der Waals surface area (Å²) < 4.78 is 5.86. The van der Waals surface area contributed by atoms with Crippen molar-refractivity contribution in [3.05, 3.63) is 11.6 Å². The lowest BCUT2D eigenvalue weighted by Crippen LogP contribution is -2.36. The van der Waals surface area contributed by atoms with Gasteiger partial charge in [-0.2, -0.15) is 0 Å². The fourth-order valence-electron chi connectivity index (χ4n) is 3.07. The van der Waals surface area contributed by atoms with Crippen molar-refractivity contribution in [2.45, 2.75) is 70.9 Å². The average Bonchev–Trinajstić information content (AvgIpc) is 3.02. The van der Waals surface area contributed by atoms with Crippen LogP contribution in [0.1, 0.15) is 47.0 Å². The predicted octanol–water partition coefficient (Wildman–Crippen LogP) is 2.27. The number of aliphatic hydroxyl groups is 2. The first-order valence-electron chi connectivity index (χ1n) is 7.09. The molecule has 0 aromatic rings. The van der Waals surface area contributed by atoms with E-state index >= 15 is 0 Å². The Hall–Kier alpha value is -0.380. The van der Waals surface area contributed by atoms with Gasteiger partial charge in [0, 0.05) is 6.42 Å². The third-order valence-electron chi connectivity index (χ3n) is 4.77. The molecule has 2 aliphatic rings. The zero-order valence-electron chi connectivity index (χ0n) is 11.9. The summed E-state index contributed by atoms with van der Waals surface area (Å²) in [5.41, 5.74) is 0.701. The summed E-state index contributed by atoms with van der Waals surface area (Å²) in [6.45, 7) is 8.28. The van der Waals surface area contributed by atoms with Crippen LogP contribution in [0.5, 0.6) is 0 Å². The number of ether oxygens (including phenoxy) is 1. The second kappa shape index (κ2) is 4.95. The highest BCUT2D eigenvalue weighted by Crippen LogP contribution is 2.50. The van der Waals surface area contributed by atoms with E-state index in [0.717, 1.165) is 18.4 Å². The van der Waals surface area contributed by atoms with E-state index in [0.29, 0.717) is 12.3 Å². The van der Waals surface area contributed by atoms with Gasteiger partial charge in [-0.25, -0.2) is 0 Å².